The van der Waals surface area contributed by atoms with Crippen molar-refractivity contribution < 1.29 is 4.39 Å². The molecule has 5 heteroatoms. The molecule has 2 rings (SSSR count). The SMILES string of the molecule is Cc1cc(C(N)Cc2ccc(F)cc2Cl)n(C)n1. The number of rotatable bonds is 3. The number of aryl methyl sites for hydroxylation is 2. The zero-order valence-corrected chi connectivity index (χ0v) is 11.1. The van der Waals surface area contributed by atoms with E-state index in [1.165, 1.54) is 12.1 Å². The van der Waals surface area contributed by atoms with Gasteiger partial charge in [0.25, 0.3) is 0 Å². The first-order valence-corrected chi connectivity index (χ1v) is 6.05. The predicted octanol–water partition coefficient (Wildman–Crippen LogP) is 2.76. The van der Waals surface area contributed by atoms with E-state index < -0.39 is 0 Å². The number of hydrogen-bond donors (Lipinski definition) is 1. The van der Waals surface area contributed by atoms with Crippen LogP contribution in [0.15, 0.2) is 24.3 Å². The zero-order chi connectivity index (χ0) is 13.3. The van der Waals surface area contributed by atoms with Crippen LogP contribution in [0.4, 0.5) is 4.39 Å². The highest BCUT2D eigenvalue weighted by molar-refractivity contribution is 6.31. The molecule has 0 aliphatic carbocycles. The highest BCUT2D eigenvalue weighted by Gasteiger charge is 2.14. The number of benzene rings is 1. The number of nitrogens with zero attached hydrogens (tertiary/aromatic N) is 2. The fraction of sp³-hybridized carbons (Fsp3) is 0.308. The van der Waals surface area contributed by atoms with Gasteiger partial charge in [0.05, 0.1) is 17.4 Å². The molecule has 2 N–H and O–H groups in total. The van der Waals surface area contributed by atoms with Gasteiger partial charge < -0.3 is 5.73 Å². The van der Waals surface area contributed by atoms with Crippen molar-refractivity contribution in [3.05, 3.63) is 52.1 Å². The maximum Gasteiger partial charge on any atom is 0.124 e. The molecule has 2 aromatic rings. The molecule has 0 amide bonds. The van der Waals surface area contributed by atoms with E-state index in [9.17, 15) is 4.39 Å². The predicted molar refractivity (Wildman–Crippen MR) is 70.0 cm³/mol. The Morgan fingerprint density at radius 2 is 2.17 bits per heavy atom. The van der Waals surface area contributed by atoms with Crippen molar-refractivity contribution in [1.82, 2.24) is 9.78 Å². The number of aromatic nitrogens is 2. The van der Waals surface area contributed by atoms with Gasteiger partial charge in [-0.3, -0.25) is 4.68 Å². The molecule has 18 heavy (non-hydrogen) atoms. The maximum absolute atomic E-state index is 12.9. The van der Waals surface area contributed by atoms with Gasteiger partial charge >= 0.3 is 0 Å². The van der Waals surface area contributed by atoms with Gasteiger partial charge in [0, 0.05) is 12.1 Å². The molecule has 3 nitrogen and oxygen atoms in total. The Bertz CT molecular complexity index is 565. The van der Waals surface area contributed by atoms with Gasteiger partial charge in [-0.1, -0.05) is 17.7 Å². The molecule has 1 aromatic heterocycles. The van der Waals surface area contributed by atoms with E-state index in [4.69, 9.17) is 17.3 Å². The van der Waals surface area contributed by atoms with Gasteiger partial charge in [0.1, 0.15) is 5.82 Å². The topological polar surface area (TPSA) is 43.8 Å². The first-order chi connectivity index (χ1) is 8.47. The van der Waals surface area contributed by atoms with Gasteiger partial charge in [-0.2, -0.15) is 5.10 Å². The first-order valence-electron chi connectivity index (χ1n) is 5.67. The minimum Gasteiger partial charge on any atom is -0.322 e. The van der Waals surface area contributed by atoms with Crippen LogP contribution in [-0.2, 0) is 13.5 Å². The molecule has 96 valence electrons. The summed E-state index contributed by atoms with van der Waals surface area (Å²) in [6.45, 7) is 1.92. The molecule has 1 atom stereocenters. The Morgan fingerprint density at radius 1 is 1.44 bits per heavy atom. The van der Waals surface area contributed by atoms with Crippen molar-refractivity contribution in [2.45, 2.75) is 19.4 Å². The highest BCUT2D eigenvalue weighted by Crippen LogP contribution is 2.23. The van der Waals surface area contributed by atoms with Crippen LogP contribution in [0.1, 0.15) is 23.0 Å². The second-order valence-electron chi connectivity index (χ2n) is 4.38. The van der Waals surface area contributed by atoms with Crippen LogP contribution in [0.2, 0.25) is 5.02 Å². The Labute approximate surface area is 110 Å². The third-order valence-corrected chi connectivity index (χ3v) is 3.22. The van der Waals surface area contributed by atoms with Crippen molar-refractivity contribution in [2.24, 2.45) is 12.8 Å². The minimum atomic E-state index is -0.339. The molecule has 0 aliphatic heterocycles. The van der Waals surface area contributed by atoms with E-state index >= 15 is 0 Å². The Balaban J connectivity index is 2.21. The summed E-state index contributed by atoms with van der Waals surface area (Å²) in [5.74, 6) is -0.339. The summed E-state index contributed by atoms with van der Waals surface area (Å²) in [5, 5.41) is 4.66. The summed E-state index contributed by atoms with van der Waals surface area (Å²) in [6, 6.07) is 6.10. The van der Waals surface area contributed by atoms with Crippen molar-refractivity contribution in [3.63, 3.8) is 0 Å². The lowest BCUT2D eigenvalue weighted by Crippen LogP contribution is -2.17. The maximum atomic E-state index is 12.9. The van der Waals surface area contributed by atoms with E-state index in [2.05, 4.69) is 5.10 Å². The van der Waals surface area contributed by atoms with Crippen LogP contribution in [0.5, 0.6) is 0 Å². The second kappa shape index (κ2) is 5.08. The van der Waals surface area contributed by atoms with E-state index in [0.29, 0.717) is 11.4 Å². The number of nitrogens with two attached hydrogens (primary N) is 1. The molecule has 0 spiro atoms. The third kappa shape index (κ3) is 2.71. The summed E-state index contributed by atoms with van der Waals surface area (Å²) < 4.78 is 14.7. The largest absolute Gasteiger partial charge is 0.322 e. The standard InChI is InChI=1S/C13H15ClFN3/c1-8-5-13(18(2)17-8)12(16)6-9-3-4-10(15)7-11(9)14/h3-5,7,12H,6,16H2,1-2H3. The third-order valence-electron chi connectivity index (χ3n) is 2.87. The van der Waals surface area contributed by atoms with Gasteiger partial charge in [0.15, 0.2) is 0 Å². The average Bonchev–Trinajstić information content (AvgIpc) is 2.62. The molecule has 0 fully saturated rings. The molecular formula is C13H15ClFN3. The van der Waals surface area contributed by atoms with Crippen LogP contribution < -0.4 is 5.73 Å². The smallest absolute Gasteiger partial charge is 0.124 e. The van der Waals surface area contributed by atoms with E-state index in [1.807, 2.05) is 20.0 Å². The molecule has 1 unspecified atom stereocenters. The van der Waals surface area contributed by atoms with Gasteiger partial charge in [-0.05, 0) is 37.1 Å². The fourth-order valence-corrected chi connectivity index (χ4v) is 2.25. The quantitative estimate of drug-likeness (QED) is 0.929. The van der Waals surface area contributed by atoms with Gasteiger partial charge in [-0.15, -0.1) is 0 Å². The van der Waals surface area contributed by atoms with E-state index in [0.717, 1.165) is 17.0 Å². The number of hydrogen-bond acceptors (Lipinski definition) is 2. The lowest BCUT2D eigenvalue weighted by atomic mass is 10.0. The molecule has 0 saturated heterocycles. The van der Waals surface area contributed by atoms with E-state index in [1.54, 1.807) is 10.7 Å². The van der Waals surface area contributed by atoms with Crippen LogP contribution in [0.25, 0.3) is 0 Å². The molecular weight excluding hydrogens is 253 g/mol. The van der Waals surface area contributed by atoms with Crippen molar-refractivity contribution >= 4 is 11.6 Å². The first kappa shape index (κ1) is 13.1. The van der Waals surface area contributed by atoms with Crippen molar-refractivity contribution in [1.29, 1.82) is 0 Å². The molecule has 1 heterocycles. The fourth-order valence-electron chi connectivity index (χ4n) is 2.01. The van der Waals surface area contributed by atoms with Gasteiger partial charge in [0.2, 0.25) is 0 Å². The van der Waals surface area contributed by atoms with E-state index in [-0.39, 0.29) is 11.9 Å². The second-order valence-corrected chi connectivity index (χ2v) is 4.79. The monoisotopic (exact) mass is 267 g/mol. The molecule has 0 radical (unpaired) electrons. The average molecular weight is 268 g/mol. The molecule has 0 aliphatic rings. The Hall–Kier alpha value is -1.39. The molecule has 1 aromatic carbocycles. The molecule has 0 bridgehead atoms. The normalized spacial score (nSPS) is 12.7. The summed E-state index contributed by atoms with van der Waals surface area (Å²) in [6.07, 6.45) is 0.554. The summed E-state index contributed by atoms with van der Waals surface area (Å²) in [7, 11) is 1.86. The Morgan fingerprint density at radius 3 is 2.72 bits per heavy atom. The summed E-state index contributed by atoms with van der Waals surface area (Å²) >= 11 is 5.99. The summed E-state index contributed by atoms with van der Waals surface area (Å²) in [4.78, 5) is 0. The van der Waals surface area contributed by atoms with Crippen LogP contribution in [-0.4, -0.2) is 9.78 Å². The van der Waals surface area contributed by atoms with Crippen LogP contribution in [0, 0.1) is 12.7 Å². The zero-order valence-electron chi connectivity index (χ0n) is 10.3. The highest BCUT2D eigenvalue weighted by atomic mass is 35.5. The number of halogens is 2. The van der Waals surface area contributed by atoms with Crippen molar-refractivity contribution in [3.8, 4) is 0 Å². The van der Waals surface area contributed by atoms with Crippen molar-refractivity contribution in [2.75, 3.05) is 0 Å². The van der Waals surface area contributed by atoms with Gasteiger partial charge in [-0.25, -0.2) is 4.39 Å². The summed E-state index contributed by atoms with van der Waals surface area (Å²) in [5.41, 5.74) is 8.83. The lowest BCUT2D eigenvalue weighted by Gasteiger charge is -2.13. The Kier molecular flexibility index (Phi) is 3.68. The van der Waals surface area contributed by atoms with Crippen LogP contribution in [0.3, 0.4) is 0 Å². The van der Waals surface area contributed by atoms with Crippen LogP contribution >= 0.6 is 11.6 Å². The molecule has 0 saturated carbocycles. The minimum absolute atomic E-state index is 0.209. The lowest BCUT2D eigenvalue weighted by molar-refractivity contribution is 0.610.